The molecule has 0 aliphatic rings. The van der Waals surface area contributed by atoms with Crippen LogP contribution in [0, 0.1) is 0 Å². The van der Waals surface area contributed by atoms with Crippen LogP contribution in [-0.2, 0) is 4.79 Å². The topological polar surface area (TPSA) is 49.7 Å². The SMILES string of the molecule is C/C(=N\O)C(=O)CCCCCC[N+](C)(C)C.[I-]. The standard InChI is InChI=1S/C12H24N2O2.HI/c1-11(13-16)12(15)9-7-5-6-8-10-14(2,3)4;/h5-10H2,1-4H3;1H. The molecule has 5 heteroatoms. The third-order valence-electron chi connectivity index (χ3n) is 2.54. The molecule has 0 saturated carbocycles. The molecular formula is C12H25IN2O2. The molecule has 0 aromatic heterocycles. The molecule has 0 aliphatic heterocycles. The molecule has 102 valence electrons. The van der Waals surface area contributed by atoms with Gasteiger partial charge in [0.1, 0.15) is 5.71 Å². The van der Waals surface area contributed by atoms with Crippen LogP contribution in [0.15, 0.2) is 5.16 Å². The molecule has 0 saturated heterocycles. The maximum absolute atomic E-state index is 11.3. The number of quaternary nitrogens is 1. The van der Waals surface area contributed by atoms with Crippen molar-refractivity contribution in [2.24, 2.45) is 5.16 Å². The number of carbonyl (C=O) groups excluding carboxylic acids is 1. The Morgan fingerprint density at radius 2 is 1.65 bits per heavy atom. The molecule has 4 nitrogen and oxygen atoms in total. The van der Waals surface area contributed by atoms with Crippen LogP contribution < -0.4 is 24.0 Å². The highest BCUT2D eigenvalue weighted by Crippen LogP contribution is 2.06. The van der Waals surface area contributed by atoms with Gasteiger partial charge in [-0.2, -0.15) is 0 Å². The van der Waals surface area contributed by atoms with Crippen molar-refractivity contribution in [2.45, 2.75) is 39.0 Å². The number of halogens is 1. The van der Waals surface area contributed by atoms with Crippen molar-refractivity contribution in [3.05, 3.63) is 0 Å². The predicted molar refractivity (Wildman–Crippen MR) is 65.9 cm³/mol. The lowest BCUT2D eigenvalue weighted by Gasteiger charge is -2.23. The summed E-state index contributed by atoms with van der Waals surface area (Å²) in [5.41, 5.74) is 0.214. The van der Waals surface area contributed by atoms with Crippen LogP contribution in [0.4, 0.5) is 0 Å². The number of oxime groups is 1. The quantitative estimate of drug-likeness (QED) is 0.153. The van der Waals surface area contributed by atoms with Crippen molar-refractivity contribution < 1.29 is 38.5 Å². The van der Waals surface area contributed by atoms with E-state index in [0.29, 0.717) is 6.42 Å². The van der Waals surface area contributed by atoms with Gasteiger partial charge in [0.15, 0.2) is 5.78 Å². The van der Waals surface area contributed by atoms with Crippen LogP contribution in [0.5, 0.6) is 0 Å². The Morgan fingerprint density at radius 3 is 2.12 bits per heavy atom. The lowest BCUT2D eigenvalue weighted by Crippen LogP contribution is -3.00. The highest BCUT2D eigenvalue weighted by atomic mass is 127. The third-order valence-corrected chi connectivity index (χ3v) is 2.54. The van der Waals surface area contributed by atoms with E-state index in [2.05, 4.69) is 26.3 Å². The monoisotopic (exact) mass is 356 g/mol. The zero-order valence-electron chi connectivity index (χ0n) is 11.4. The summed E-state index contributed by atoms with van der Waals surface area (Å²) >= 11 is 0. The Morgan fingerprint density at radius 1 is 1.12 bits per heavy atom. The van der Waals surface area contributed by atoms with Crippen LogP contribution in [0.1, 0.15) is 39.0 Å². The van der Waals surface area contributed by atoms with Crippen LogP contribution in [0.3, 0.4) is 0 Å². The first-order valence-electron chi connectivity index (χ1n) is 5.89. The van der Waals surface area contributed by atoms with E-state index >= 15 is 0 Å². The molecule has 0 spiro atoms. The van der Waals surface area contributed by atoms with Gasteiger partial charge in [-0.3, -0.25) is 4.79 Å². The molecular weight excluding hydrogens is 331 g/mol. The first kappa shape index (κ1) is 19.2. The lowest BCUT2D eigenvalue weighted by atomic mass is 10.1. The van der Waals surface area contributed by atoms with Gasteiger partial charge in [-0.25, -0.2) is 0 Å². The summed E-state index contributed by atoms with van der Waals surface area (Å²) in [4.78, 5) is 11.3. The van der Waals surface area contributed by atoms with E-state index in [0.717, 1.165) is 23.7 Å². The van der Waals surface area contributed by atoms with E-state index in [1.54, 1.807) is 6.92 Å². The van der Waals surface area contributed by atoms with Gasteiger partial charge in [-0.15, -0.1) is 0 Å². The summed E-state index contributed by atoms with van der Waals surface area (Å²) in [6.07, 6.45) is 4.83. The minimum atomic E-state index is -0.0471. The van der Waals surface area contributed by atoms with Crippen LogP contribution in [-0.4, -0.2) is 48.9 Å². The second-order valence-corrected chi connectivity index (χ2v) is 5.29. The second-order valence-electron chi connectivity index (χ2n) is 5.29. The van der Waals surface area contributed by atoms with Crippen molar-refractivity contribution in [1.82, 2.24) is 0 Å². The summed E-state index contributed by atoms with van der Waals surface area (Å²) in [6.45, 7) is 2.71. The van der Waals surface area contributed by atoms with E-state index in [1.807, 2.05) is 0 Å². The van der Waals surface area contributed by atoms with E-state index in [4.69, 9.17) is 5.21 Å². The fourth-order valence-corrected chi connectivity index (χ4v) is 1.46. The summed E-state index contributed by atoms with van der Waals surface area (Å²) in [5, 5.41) is 11.3. The summed E-state index contributed by atoms with van der Waals surface area (Å²) < 4.78 is 0.995. The molecule has 0 aromatic rings. The highest BCUT2D eigenvalue weighted by Gasteiger charge is 2.07. The van der Waals surface area contributed by atoms with E-state index in [-0.39, 0.29) is 35.5 Å². The molecule has 0 heterocycles. The van der Waals surface area contributed by atoms with Gasteiger partial charge in [0, 0.05) is 6.42 Å². The van der Waals surface area contributed by atoms with Crippen LogP contribution in [0.25, 0.3) is 0 Å². The summed E-state index contributed by atoms with van der Waals surface area (Å²) in [7, 11) is 6.56. The van der Waals surface area contributed by atoms with Crippen molar-refractivity contribution in [1.29, 1.82) is 0 Å². The van der Waals surface area contributed by atoms with Crippen molar-refractivity contribution in [2.75, 3.05) is 27.7 Å². The minimum absolute atomic E-state index is 0. The molecule has 0 bridgehead atoms. The number of nitrogens with zero attached hydrogens (tertiary/aromatic N) is 2. The fraction of sp³-hybridized carbons (Fsp3) is 0.833. The van der Waals surface area contributed by atoms with Gasteiger partial charge < -0.3 is 33.7 Å². The van der Waals surface area contributed by atoms with Crippen molar-refractivity contribution in [3.8, 4) is 0 Å². The normalized spacial score (nSPS) is 12.1. The minimum Gasteiger partial charge on any atom is -1.00 e. The van der Waals surface area contributed by atoms with Crippen LogP contribution >= 0.6 is 0 Å². The average molecular weight is 356 g/mol. The Balaban J connectivity index is 0. The molecule has 0 amide bonds. The predicted octanol–water partition coefficient (Wildman–Crippen LogP) is -0.934. The third kappa shape index (κ3) is 12.1. The Labute approximate surface area is 122 Å². The largest absolute Gasteiger partial charge is 1.00 e. The van der Waals surface area contributed by atoms with Crippen LogP contribution in [0.2, 0.25) is 0 Å². The maximum atomic E-state index is 11.3. The molecule has 0 aromatic carbocycles. The number of hydrogen-bond donors (Lipinski definition) is 1. The zero-order valence-corrected chi connectivity index (χ0v) is 13.5. The Kier molecular flexibility index (Phi) is 11.1. The van der Waals surface area contributed by atoms with Gasteiger partial charge in [0.2, 0.25) is 0 Å². The van der Waals surface area contributed by atoms with Gasteiger partial charge >= 0.3 is 0 Å². The molecule has 0 unspecified atom stereocenters. The molecule has 0 rings (SSSR count). The average Bonchev–Trinajstić information content (AvgIpc) is 2.20. The van der Waals surface area contributed by atoms with Crippen molar-refractivity contribution >= 4 is 11.5 Å². The molecule has 0 aliphatic carbocycles. The Hall–Kier alpha value is -0.170. The first-order chi connectivity index (χ1) is 7.37. The molecule has 0 radical (unpaired) electrons. The van der Waals surface area contributed by atoms with E-state index < -0.39 is 0 Å². The number of unbranched alkanes of at least 4 members (excludes halogenated alkanes) is 3. The molecule has 0 atom stereocenters. The highest BCUT2D eigenvalue weighted by molar-refractivity contribution is 6.38. The molecule has 0 fully saturated rings. The fourth-order valence-electron chi connectivity index (χ4n) is 1.46. The number of rotatable bonds is 8. The van der Waals surface area contributed by atoms with E-state index in [1.165, 1.54) is 13.0 Å². The molecule has 17 heavy (non-hydrogen) atoms. The number of ketones is 1. The van der Waals surface area contributed by atoms with Crippen molar-refractivity contribution in [3.63, 3.8) is 0 Å². The number of Topliss-reactive ketones (excluding diaryl/α,β-unsaturated/α-hetero) is 1. The summed E-state index contributed by atoms with van der Waals surface area (Å²) in [6, 6.07) is 0. The van der Waals surface area contributed by atoms with Gasteiger partial charge in [0.25, 0.3) is 0 Å². The zero-order chi connectivity index (χ0) is 12.6. The lowest BCUT2D eigenvalue weighted by molar-refractivity contribution is -0.870. The Bertz CT molecular complexity index is 247. The van der Waals surface area contributed by atoms with Gasteiger partial charge in [-0.05, 0) is 26.2 Å². The smallest absolute Gasteiger partial charge is 0.180 e. The van der Waals surface area contributed by atoms with Gasteiger partial charge in [-0.1, -0.05) is 11.6 Å². The molecule has 1 N–H and O–H groups in total. The maximum Gasteiger partial charge on any atom is 0.180 e. The summed E-state index contributed by atoms with van der Waals surface area (Å²) in [5.74, 6) is -0.0471. The number of carbonyl (C=O) groups is 1. The second kappa shape index (κ2) is 9.82. The van der Waals surface area contributed by atoms with Gasteiger partial charge in [0.05, 0.1) is 27.7 Å². The number of hydrogen-bond acceptors (Lipinski definition) is 3. The first-order valence-corrected chi connectivity index (χ1v) is 5.89. The van der Waals surface area contributed by atoms with E-state index in [9.17, 15) is 4.79 Å².